The van der Waals surface area contributed by atoms with Crippen molar-refractivity contribution in [2.24, 2.45) is 5.73 Å². The van der Waals surface area contributed by atoms with Crippen LogP contribution in [0.1, 0.15) is 0 Å². The molecule has 1 atom stereocenters. The molecule has 82 valence electrons. The Labute approximate surface area is 94.4 Å². The van der Waals surface area contributed by atoms with Crippen molar-refractivity contribution in [3.05, 3.63) is 16.7 Å². The molecular weight excluding hydrogens is 266 g/mol. The molecule has 0 spiro atoms. The summed E-state index contributed by atoms with van der Waals surface area (Å²) in [5.41, 5.74) is 10.8. The second kappa shape index (κ2) is 4.94. The number of ether oxygens (including phenoxy) is 1. The number of aliphatic carboxylic acids is 1. The number of nitrogen functional groups attached to an aromatic ring is 1. The normalized spacial score (nSPS) is 12.1. The van der Waals surface area contributed by atoms with Gasteiger partial charge in [-0.2, -0.15) is 0 Å². The van der Waals surface area contributed by atoms with Crippen LogP contribution in [0.5, 0.6) is 5.75 Å². The fraction of sp³-hybridized carbons (Fsp3) is 0.250. The van der Waals surface area contributed by atoms with E-state index in [9.17, 15) is 4.79 Å². The van der Waals surface area contributed by atoms with Crippen molar-refractivity contribution in [2.45, 2.75) is 6.04 Å². The van der Waals surface area contributed by atoms with E-state index in [0.717, 1.165) is 0 Å². The molecule has 0 fully saturated rings. The van der Waals surface area contributed by atoms with Crippen molar-refractivity contribution in [3.8, 4) is 5.75 Å². The van der Waals surface area contributed by atoms with Gasteiger partial charge in [0.25, 0.3) is 0 Å². The average molecular weight is 276 g/mol. The molecule has 1 aromatic rings. The summed E-state index contributed by atoms with van der Waals surface area (Å²) in [5, 5.41) is 8.52. The summed E-state index contributed by atoms with van der Waals surface area (Å²) < 4.78 is 5.81. The lowest BCUT2D eigenvalue weighted by Crippen LogP contribution is -2.36. The third-order valence-corrected chi connectivity index (χ3v) is 2.02. The molecule has 1 rings (SSSR count). The van der Waals surface area contributed by atoms with Crippen molar-refractivity contribution < 1.29 is 14.6 Å². The number of aromatic nitrogens is 1. The number of halogens is 1. The molecule has 0 bridgehead atoms. The van der Waals surface area contributed by atoms with Gasteiger partial charge in [-0.05, 0) is 22.0 Å². The molecular formula is C8H10BrN3O3. The molecule has 0 saturated heterocycles. The minimum atomic E-state index is -1.13. The molecule has 0 amide bonds. The number of rotatable bonds is 4. The predicted octanol–water partition coefficient (Wildman–Crippen LogP) is 0.217. The summed E-state index contributed by atoms with van der Waals surface area (Å²) in [7, 11) is 0. The lowest BCUT2D eigenvalue weighted by atomic mass is 10.3. The first-order valence-corrected chi connectivity index (χ1v) is 4.82. The van der Waals surface area contributed by atoms with Gasteiger partial charge in [0, 0.05) is 10.7 Å². The Hall–Kier alpha value is -1.34. The van der Waals surface area contributed by atoms with Gasteiger partial charge in [-0.15, -0.1) is 0 Å². The largest absolute Gasteiger partial charge is 0.487 e. The number of hydrogen-bond acceptors (Lipinski definition) is 5. The van der Waals surface area contributed by atoms with Crippen LogP contribution in [0, 0.1) is 0 Å². The van der Waals surface area contributed by atoms with Crippen molar-refractivity contribution in [3.63, 3.8) is 0 Å². The maximum Gasteiger partial charge on any atom is 0.324 e. The molecule has 0 unspecified atom stereocenters. The Morgan fingerprint density at radius 3 is 3.00 bits per heavy atom. The van der Waals surface area contributed by atoms with Crippen molar-refractivity contribution in [1.82, 2.24) is 4.98 Å². The minimum Gasteiger partial charge on any atom is -0.487 e. The Balaban J connectivity index is 2.65. The smallest absolute Gasteiger partial charge is 0.324 e. The summed E-state index contributed by atoms with van der Waals surface area (Å²) in [4.78, 5) is 14.2. The van der Waals surface area contributed by atoms with Gasteiger partial charge in [-0.1, -0.05) is 0 Å². The van der Waals surface area contributed by atoms with E-state index in [-0.39, 0.29) is 12.4 Å². The number of nitrogens with two attached hydrogens (primary N) is 2. The fourth-order valence-electron chi connectivity index (χ4n) is 0.798. The lowest BCUT2D eigenvalue weighted by Gasteiger charge is -2.10. The topological polar surface area (TPSA) is 111 Å². The van der Waals surface area contributed by atoms with Crippen LogP contribution in [0.25, 0.3) is 0 Å². The first-order chi connectivity index (χ1) is 7.00. The highest BCUT2D eigenvalue weighted by molar-refractivity contribution is 9.10. The molecule has 0 aliphatic carbocycles. The lowest BCUT2D eigenvalue weighted by molar-refractivity contribution is -0.139. The molecule has 0 radical (unpaired) electrons. The maximum atomic E-state index is 10.4. The standard InChI is InChI=1S/C8H10BrN3O3/c9-4-1-6(7(11)12-2-4)15-3-5(10)8(13)14/h1-2,5H,3,10H2,(H2,11,12)(H,13,14)/t5-/m0/s1. The quantitative estimate of drug-likeness (QED) is 0.725. The molecule has 7 heteroatoms. The summed E-state index contributed by atoms with van der Waals surface area (Å²) in [5.74, 6) is -0.631. The number of pyridine rings is 1. The zero-order valence-electron chi connectivity index (χ0n) is 7.68. The van der Waals surface area contributed by atoms with Crippen LogP contribution in [0.3, 0.4) is 0 Å². The molecule has 5 N–H and O–H groups in total. The van der Waals surface area contributed by atoms with Gasteiger partial charge in [-0.25, -0.2) is 4.98 Å². The van der Waals surface area contributed by atoms with E-state index in [1.54, 1.807) is 6.07 Å². The Morgan fingerprint density at radius 2 is 2.40 bits per heavy atom. The Kier molecular flexibility index (Phi) is 3.87. The van der Waals surface area contributed by atoms with Gasteiger partial charge in [0.05, 0.1) is 0 Å². The highest BCUT2D eigenvalue weighted by atomic mass is 79.9. The Morgan fingerprint density at radius 1 is 1.73 bits per heavy atom. The average Bonchev–Trinajstić information content (AvgIpc) is 2.18. The van der Waals surface area contributed by atoms with Gasteiger partial charge >= 0.3 is 5.97 Å². The predicted molar refractivity (Wildman–Crippen MR) is 57.5 cm³/mol. The van der Waals surface area contributed by atoms with Gasteiger partial charge in [0.1, 0.15) is 12.6 Å². The van der Waals surface area contributed by atoms with Crippen LogP contribution < -0.4 is 16.2 Å². The van der Waals surface area contributed by atoms with Gasteiger partial charge in [0.15, 0.2) is 11.6 Å². The first-order valence-electron chi connectivity index (χ1n) is 4.03. The van der Waals surface area contributed by atoms with E-state index >= 15 is 0 Å². The van der Waals surface area contributed by atoms with E-state index in [2.05, 4.69) is 20.9 Å². The van der Waals surface area contributed by atoms with Gasteiger partial charge in [0.2, 0.25) is 0 Å². The van der Waals surface area contributed by atoms with Crippen molar-refractivity contribution >= 4 is 27.7 Å². The molecule has 6 nitrogen and oxygen atoms in total. The van der Waals surface area contributed by atoms with Gasteiger partial charge in [-0.3, -0.25) is 4.79 Å². The second-order valence-corrected chi connectivity index (χ2v) is 3.71. The molecule has 0 aliphatic heterocycles. The van der Waals surface area contributed by atoms with Crippen LogP contribution in [0.2, 0.25) is 0 Å². The van der Waals surface area contributed by atoms with E-state index in [1.807, 2.05) is 0 Å². The summed E-state index contributed by atoms with van der Waals surface area (Å²) in [6, 6.07) is 0.514. The number of nitrogens with zero attached hydrogens (tertiary/aromatic N) is 1. The zero-order chi connectivity index (χ0) is 11.4. The highest BCUT2D eigenvalue weighted by Crippen LogP contribution is 2.22. The first kappa shape index (κ1) is 11.7. The minimum absolute atomic E-state index is 0.155. The van der Waals surface area contributed by atoms with E-state index < -0.39 is 12.0 Å². The van der Waals surface area contributed by atoms with Crippen LogP contribution in [-0.2, 0) is 4.79 Å². The van der Waals surface area contributed by atoms with Crippen LogP contribution in [-0.4, -0.2) is 28.7 Å². The van der Waals surface area contributed by atoms with Crippen molar-refractivity contribution in [2.75, 3.05) is 12.3 Å². The molecule has 0 saturated carbocycles. The molecule has 1 aromatic heterocycles. The SMILES string of the molecule is Nc1ncc(Br)cc1OC[C@H](N)C(=O)O. The second-order valence-electron chi connectivity index (χ2n) is 2.79. The molecule has 0 aromatic carbocycles. The van der Waals surface area contributed by atoms with Crippen LogP contribution >= 0.6 is 15.9 Å². The highest BCUT2D eigenvalue weighted by Gasteiger charge is 2.13. The number of carbonyl (C=O) groups is 1. The zero-order valence-corrected chi connectivity index (χ0v) is 9.27. The third kappa shape index (κ3) is 3.37. The molecule has 0 aliphatic rings. The van der Waals surface area contributed by atoms with E-state index in [1.165, 1.54) is 6.20 Å². The number of carboxylic acid groups (broad SMARTS) is 1. The third-order valence-electron chi connectivity index (χ3n) is 1.58. The number of carboxylic acids is 1. The fourth-order valence-corrected chi connectivity index (χ4v) is 1.11. The summed E-state index contributed by atoms with van der Waals surface area (Å²) >= 11 is 3.19. The number of anilines is 1. The van der Waals surface area contributed by atoms with E-state index in [4.69, 9.17) is 21.3 Å². The maximum absolute atomic E-state index is 10.4. The van der Waals surface area contributed by atoms with E-state index in [0.29, 0.717) is 10.2 Å². The number of hydrogen-bond donors (Lipinski definition) is 3. The van der Waals surface area contributed by atoms with Crippen LogP contribution in [0.15, 0.2) is 16.7 Å². The summed E-state index contributed by atoms with van der Waals surface area (Å²) in [6.07, 6.45) is 1.51. The van der Waals surface area contributed by atoms with Crippen molar-refractivity contribution in [1.29, 1.82) is 0 Å². The summed E-state index contributed by atoms with van der Waals surface area (Å²) in [6.45, 7) is -0.155. The molecule has 15 heavy (non-hydrogen) atoms. The van der Waals surface area contributed by atoms with Crippen LogP contribution in [0.4, 0.5) is 5.82 Å². The Bertz CT molecular complexity index is 372. The molecule has 1 heterocycles. The monoisotopic (exact) mass is 275 g/mol. The van der Waals surface area contributed by atoms with Gasteiger partial charge < -0.3 is 21.3 Å².